The number of amides is 1. The van der Waals surface area contributed by atoms with Crippen LogP contribution in [0.2, 0.25) is 0 Å². The second-order valence-corrected chi connectivity index (χ2v) is 7.68. The second kappa shape index (κ2) is 8.03. The molecule has 4 rings (SSSR count). The topological polar surface area (TPSA) is 83.2 Å². The van der Waals surface area contributed by atoms with Crippen molar-refractivity contribution in [3.63, 3.8) is 0 Å². The molecule has 3 aromatic rings. The number of benzene rings is 2. The molecule has 162 valence electrons. The number of phenolic OH excluding ortho intramolecular Hbond substituents is 1. The number of rotatable bonds is 6. The van der Waals surface area contributed by atoms with E-state index in [2.05, 4.69) is 0 Å². The molecule has 7 nitrogen and oxygen atoms in total. The highest BCUT2D eigenvalue weighted by atomic mass is 19.1. The minimum Gasteiger partial charge on any atom is -0.504 e. The Labute approximate surface area is 178 Å². The molecule has 1 atom stereocenters. The van der Waals surface area contributed by atoms with Crippen LogP contribution >= 0.6 is 0 Å². The van der Waals surface area contributed by atoms with Gasteiger partial charge in [0, 0.05) is 13.1 Å². The van der Waals surface area contributed by atoms with Crippen LogP contribution in [0.1, 0.15) is 34.6 Å². The maximum absolute atomic E-state index is 13.8. The van der Waals surface area contributed by atoms with Crippen LogP contribution < -0.4 is 10.2 Å². The van der Waals surface area contributed by atoms with Gasteiger partial charge in [-0.25, -0.2) is 4.39 Å². The van der Waals surface area contributed by atoms with Gasteiger partial charge in [0.05, 0.1) is 23.6 Å². The van der Waals surface area contributed by atoms with Gasteiger partial charge in [0.2, 0.25) is 5.76 Å². The third kappa shape index (κ3) is 3.63. The normalized spacial score (nSPS) is 15.7. The molecule has 31 heavy (non-hydrogen) atoms. The summed E-state index contributed by atoms with van der Waals surface area (Å²) in [6.07, 6.45) is 0. The molecule has 1 unspecified atom stereocenters. The summed E-state index contributed by atoms with van der Waals surface area (Å²) >= 11 is 0. The van der Waals surface area contributed by atoms with Crippen molar-refractivity contribution < 1.29 is 23.4 Å². The Balaban J connectivity index is 1.94. The molecule has 1 N–H and O–H groups in total. The molecule has 0 radical (unpaired) electrons. The van der Waals surface area contributed by atoms with Gasteiger partial charge in [0.15, 0.2) is 16.9 Å². The first-order chi connectivity index (χ1) is 14.8. The van der Waals surface area contributed by atoms with Gasteiger partial charge in [-0.15, -0.1) is 0 Å². The lowest BCUT2D eigenvalue weighted by atomic mass is 9.98. The van der Waals surface area contributed by atoms with Crippen molar-refractivity contribution in [1.82, 2.24) is 9.80 Å². The highest BCUT2D eigenvalue weighted by Crippen LogP contribution is 2.40. The summed E-state index contributed by atoms with van der Waals surface area (Å²) in [6.45, 7) is 3.04. The molecule has 0 aliphatic carbocycles. The smallest absolute Gasteiger partial charge is 0.290 e. The number of fused-ring (bicyclic) bond motifs is 2. The van der Waals surface area contributed by atoms with Crippen molar-refractivity contribution in [3.8, 4) is 11.5 Å². The van der Waals surface area contributed by atoms with Gasteiger partial charge in [-0.2, -0.15) is 0 Å². The quantitative estimate of drug-likeness (QED) is 0.652. The lowest BCUT2D eigenvalue weighted by Crippen LogP contribution is -2.35. The van der Waals surface area contributed by atoms with Crippen molar-refractivity contribution >= 4 is 16.9 Å². The van der Waals surface area contributed by atoms with Crippen LogP contribution in [-0.4, -0.2) is 54.6 Å². The Morgan fingerprint density at radius 2 is 1.97 bits per heavy atom. The van der Waals surface area contributed by atoms with E-state index in [9.17, 15) is 19.1 Å². The molecule has 1 aromatic heterocycles. The first-order valence-electron chi connectivity index (χ1n) is 9.99. The van der Waals surface area contributed by atoms with Gasteiger partial charge in [-0.05, 0) is 56.9 Å². The standard InChI is InChI=1S/C23H23FN2O5/c1-4-30-18-11-13(5-7-16(18)27)20-19-21(28)15-12-14(24)6-8-17(15)31-22(19)23(29)26(20)10-9-25(2)3/h5-8,11-12,20,27H,4,9-10H2,1-3H3. The van der Waals surface area contributed by atoms with E-state index in [1.807, 2.05) is 19.0 Å². The predicted molar refractivity (Wildman–Crippen MR) is 113 cm³/mol. The number of carbonyl (C=O) groups excluding carboxylic acids is 1. The van der Waals surface area contributed by atoms with Crippen molar-refractivity contribution in [2.45, 2.75) is 13.0 Å². The van der Waals surface area contributed by atoms with E-state index in [0.717, 1.165) is 6.07 Å². The SMILES string of the molecule is CCOc1cc(C2c3c(oc4ccc(F)cc4c3=O)C(=O)N2CCN(C)C)ccc1O. The van der Waals surface area contributed by atoms with Gasteiger partial charge in [0.25, 0.3) is 5.91 Å². The zero-order valence-corrected chi connectivity index (χ0v) is 17.5. The molecular formula is C23H23FN2O5. The fraction of sp³-hybridized carbons (Fsp3) is 0.304. The number of likely N-dealkylation sites (N-methyl/N-ethyl adjacent to an activating group) is 1. The minimum atomic E-state index is -0.744. The van der Waals surface area contributed by atoms with E-state index in [1.54, 1.807) is 24.0 Å². The Morgan fingerprint density at radius 1 is 1.19 bits per heavy atom. The summed E-state index contributed by atoms with van der Waals surface area (Å²) in [7, 11) is 3.77. The fourth-order valence-electron chi connectivity index (χ4n) is 3.85. The Hall–Kier alpha value is -3.39. The van der Waals surface area contributed by atoms with Crippen molar-refractivity contribution in [3.05, 3.63) is 69.3 Å². The van der Waals surface area contributed by atoms with Crippen LogP contribution in [0.3, 0.4) is 0 Å². The molecule has 0 spiro atoms. The molecule has 8 heteroatoms. The second-order valence-electron chi connectivity index (χ2n) is 7.68. The summed E-state index contributed by atoms with van der Waals surface area (Å²) < 4.78 is 25.1. The van der Waals surface area contributed by atoms with E-state index in [1.165, 1.54) is 18.2 Å². The molecule has 0 saturated carbocycles. The average molecular weight is 426 g/mol. The van der Waals surface area contributed by atoms with E-state index >= 15 is 0 Å². The first-order valence-corrected chi connectivity index (χ1v) is 9.99. The molecule has 0 saturated heterocycles. The number of nitrogens with zero attached hydrogens (tertiary/aromatic N) is 2. The third-order valence-electron chi connectivity index (χ3n) is 5.32. The first kappa shape index (κ1) is 20.9. The maximum atomic E-state index is 13.8. The molecule has 2 aromatic carbocycles. The Morgan fingerprint density at radius 3 is 2.68 bits per heavy atom. The zero-order valence-electron chi connectivity index (χ0n) is 17.5. The summed E-state index contributed by atoms with van der Waals surface area (Å²) in [5.41, 5.74) is 0.463. The number of halogens is 1. The van der Waals surface area contributed by atoms with Crippen LogP contribution in [-0.2, 0) is 0 Å². The highest BCUT2D eigenvalue weighted by molar-refractivity contribution is 5.99. The van der Waals surface area contributed by atoms with Gasteiger partial charge in [0.1, 0.15) is 11.4 Å². The molecule has 1 aliphatic rings. The number of ether oxygens (including phenoxy) is 1. The molecule has 1 aliphatic heterocycles. The monoisotopic (exact) mass is 426 g/mol. The molecule has 2 heterocycles. The number of hydrogen-bond donors (Lipinski definition) is 1. The van der Waals surface area contributed by atoms with Crippen molar-refractivity contribution in [2.75, 3.05) is 33.8 Å². The fourth-order valence-corrected chi connectivity index (χ4v) is 3.85. The summed E-state index contributed by atoms with van der Waals surface area (Å²) in [5.74, 6) is -0.796. The molecule has 1 amide bonds. The Bertz CT molecular complexity index is 1220. The number of phenols is 1. The zero-order chi connectivity index (χ0) is 22.3. The largest absolute Gasteiger partial charge is 0.504 e. The van der Waals surface area contributed by atoms with Crippen LogP contribution in [0.4, 0.5) is 4.39 Å². The lowest BCUT2D eigenvalue weighted by Gasteiger charge is -2.26. The van der Waals surface area contributed by atoms with Crippen LogP contribution in [0.25, 0.3) is 11.0 Å². The van der Waals surface area contributed by atoms with Crippen LogP contribution in [0, 0.1) is 5.82 Å². The summed E-state index contributed by atoms with van der Waals surface area (Å²) in [6, 6.07) is 7.64. The van der Waals surface area contributed by atoms with Crippen LogP contribution in [0.15, 0.2) is 45.6 Å². The number of hydrogen-bond acceptors (Lipinski definition) is 6. The number of carbonyl (C=O) groups is 1. The van der Waals surface area contributed by atoms with Gasteiger partial charge >= 0.3 is 0 Å². The summed E-state index contributed by atoms with van der Waals surface area (Å²) in [4.78, 5) is 30.1. The van der Waals surface area contributed by atoms with Crippen LogP contribution in [0.5, 0.6) is 11.5 Å². The van der Waals surface area contributed by atoms with E-state index in [0.29, 0.717) is 25.3 Å². The lowest BCUT2D eigenvalue weighted by molar-refractivity contribution is 0.0716. The van der Waals surface area contributed by atoms with E-state index in [4.69, 9.17) is 9.15 Å². The summed E-state index contributed by atoms with van der Waals surface area (Å²) in [5, 5.41) is 10.2. The minimum absolute atomic E-state index is 0.0393. The molecule has 0 bridgehead atoms. The predicted octanol–water partition coefficient (Wildman–Crippen LogP) is 3.14. The maximum Gasteiger partial charge on any atom is 0.290 e. The number of aromatic hydroxyl groups is 1. The van der Waals surface area contributed by atoms with Gasteiger partial charge < -0.3 is 24.1 Å². The van der Waals surface area contributed by atoms with Crippen molar-refractivity contribution in [2.24, 2.45) is 0 Å². The average Bonchev–Trinajstić information content (AvgIpc) is 3.01. The molecule has 0 fully saturated rings. The van der Waals surface area contributed by atoms with Gasteiger partial charge in [-0.1, -0.05) is 6.07 Å². The highest BCUT2D eigenvalue weighted by Gasteiger charge is 2.42. The van der Waals surface area contributed by atoms with Gasteiger partial charge in [-0.3, -0.25) is 9.59 Å². The van der Waals surface area contributed by atoms with E-state index in [-0.39, 0.29) is 33.8 Å². The third-order valence-corrected chi connectivity index (χ3v) is 5.32. The van der Waals surface area contributed by atoms with E-state index < -0.39 is 23.2 Å². The van der Waals surface area contributed by atoms with Crippen molar-refractivity contribution in [1.29, 1.82) is 0 Å². The Kier molecular flexibility index (Phi) is 5.41. The molecular weight excluding hydrogens is 403 g/mol.